The molecule has 6 heterocycles. The molecule has 11 heteroatoms. The van der Waals surface area contributed by atoms with Crippen LogP contribution in [0.15, 0.2) is 91.4 Å². The Balaban J connectivity index is 1.03. The van der Waals surface area contributed by atoms with E-state index in [2.05, 4.69) is 70.7 Å². The number of likely N-dealkylation sites (tertiary alicyclic amines) is 1. The highest BCUT2D eigenvalue weighted by molar-refractivity contribution is 6.28. The smallest absolute Gasteiger partial charge is 0.229 e. The second-order valence-corrected chi connectivity index (χ2v) is 12.6. The first kappa shape index (κ1) is 28.5. The third kappa shape index (κ3) is 5.44. The molecule has 10 nitrogen and oxygen atoms in total. The van der Waals surface area contributed by atoms with Gasteiger partial charge in [-0.15, -0.1) is 0 Å². The monoisotopic (exact) mass is 628 g/mol. The summed E-state index contributed by atoms with van der Waals surface area (Å²) in [6.45, 7) is 4.97. The highest BCUT2D eigenvalue weighted by Crippen LogP contribution is 2.41. The first-order valence-electron chi connectivity index (χ1n) is 15.6. The zero-order chi connectivity index (χ0) is 31.1. The van der Waals surface area contributed by atoms with E-state index in [1.165, 1.54) is 11.9 Å². The van der Waals surface area contributed by atoms with Crippen LogP contribution in [0.5, 0.6) is 0 Å². The Morgan fingerprint density at radius 3 is 2.37 bits per heavy atom. The molecule has 6 aromatic rings. The molecule has 230 valence electrons. The number of pyridine rings is 2. The van der Waals surface area contributed by atoms with Crippen molar-refractivity contribution in [3.8, 4) is 28.3 Å². The number of hydrogen-bond acceptors (Lipinski definition) is 9. The summed E-state index contributed by atoms with van der Waals surface area (Å²) in [5.41, 5.74) is 13.2. The SMILES string of the molecule is Nc1ncccc1-c1nc2ccc(-c3ccccc3)nc2n1-c1ccc(CN2CCC3(CC2)CCN(c2ncnc(Cl)n2)C3)cc1. The molecule has 0 amide bonds. The van der Waals surface area contributed by atoms with Crippen LogP contribution in [0.1, 0.15) is 24.8 Å². The lowest BCUT2D eigenvalue weighted by Gasteiger charge is -2.39. The van der Waals surface area contributed by atoms with Crippen molar-refractivity contribution in [3.05, 3.63) is 102 Å². The number of piperidine rings is 1. The number of nitrogens with zero attached hydrogens (tertiary/aromatic N) is 9. The molecule has 2 aromatic carbocycles. The van der Waals surface area contributed by atoms with Gasteiger partial charge in [0.05, 0.1) is 11.3 Å². The van der Waals surface area contributed by atoms with Gasteiger partial charge in [0.2, 0.25) is 11.2 Å². The zero-order valence-electron chi connectivity index (χ0n) is 25.3. The van der Waals surface area contributed by atoms with E-state index in [-0.39, 0.29) is 5.28 Å². The van der Waals surface area contributed by atoms with Gasteiger partial charge in [-0.3, -0.25) is 9.47 Å². The Bertz CT molecular complexity index is 2000. The largest absolute Gasteiger partial charge is 0.383 e. The summed E-state index contributed by atoms with van der Waals surface area (Å²) in [5.74, 6) is 1.84. The van der Waals surface area contributed by atoms with E-state index in [9.17, 15) is 0 Å². The molecule has 8 rings (SSSR count). The zero-order valence-corrected chi connectivity index (χ0v) is 26.1. The van der Waals surface area contributed by atoms with Crippen molar-refractivity contribution < 1.29 is 0 Å². The Hall–Kier alpha value is -4.93. The standard InChI is InChI=1S/C35H33ClN10/c36-33-39-23-40-34(43-33)45-20-16-35(22-45)14-18-44(19-15-35)21-24-8-10-26(11-9-24)46-31(27-7-4-17-38-30(27)37)42-29-13-12-28(41-32(29)46)25-5-2-1-3-6-25/h1-13,17,23H,14-16,18-22H2,(H2,37,38). The predicted octanol–water partition coefficient (Wildman–Crippen LogP) is 6.06. The minimum Gasteiger partial charge on any atom is -0.383 e. The van der Waals surface area contributed by atoms with Crippen LogP contribution >= 0.6 is 11.6 Å². The topological polar surface area (TPSA) is 115 Å². The van der Waals surface area contributed by atoms with E-state index >= 15 is 0 Å². The van der Waals surface area contributed by atoms with E-state index in [4.69, 9.17) is 27.3 Å². The van der Waals surface area contributed by atoms with Gasteiger partial charge in [-0.2, -0.15) is 4.98 Å². The van der Waals surface area contributed by atoms with Gasteiger partial charge >= 0.3 is 0 Å². The molecular weight excluding hydrogens is 596 g/mol. The molecule has 46 heavy (non-hydrogen) atoms. The first-order chi connectivity index (χ1) is 22.5. The van der Waals surface area contributed by atoms with Crippen LogP contribution in [0.3, 0.4) is 0 Å². The van der Waals surface area contributed by atoms with Gasteiger partial charge in [-0.05, 0) is 91.3 Å². The number of nitrogens with two attached hydrogens (primary N) is 1. The van der Waals surface area contributed by atoms with Crippen LogP contribution in [0.25, 0.3) is 39.5 Å². The Kier molecular flexibility index (Phi) is 7.31. The lowest BCUT2D eigenvalue weighted by atomic mass is 9.77. The highest BCUT2D eigenvalue weighted by Gasteiger charge is 2.41. The van der Waals surface area contributed by atoms with Crippen molar-refractivity contribution in [1.82, 2.24) is 39.4 Å². The van der Waals surface area contributed by atoms with E-state index in [0.29, 0.717) is 17.2 Å². The summed E-state index contributed by atoms with van der Waals surface area (Å²) in [4.78, 5) is 31.8. The minimum atomic E-state index is 0.249. The molecule has 2 aliphatic rings. The van der Waals surface area contributed by atoms with Crippen molar-refractivity contribution in [1.29, 1.82) is 0 Å². The maximum absolute atomic E-state index is 6.35. The number of hydrogen-bond donors (Lipinski definition) is 1. The number of aromatic nitrogens is 7. The fourth-order valence-corrected chi connectivity index (χ4v) is 7.01. The van der Waals surface area contributed by atoms with E-state index in [1.54, 1.807) is 6.20 Å². The van der Waals surface area contributed by atoms with Crippen molar-refractivity contribution in [2.24, 2.45) is 5.41 Å². The third-order valence-corrected chi connectivity index (χ3v) is 9.60. The summed E-state index contributed by atoms with van der Waals surface area (Å²) in [5, 5.41) is 0.249. The minimum absolute atomic E-state index is 0.249. The van der Waals surface area contributed by atoms with E-state index in [0.717, 1.165) is 91.5 Å². The van der Waals surface area contributed by atoms with Crippen LogP contribution in [-0.4, -0.2) is 65.5 Å². The van der Waals surface area contributed by atoms with Crippen molar-refractivity contribution in [2.45, 2.75) is 25.8 Å². The lowest BCUT2D eigenvalue weighted by molar-refractivity contribution is 0.115. The second kappa shape index (κ2) is 11.8. The summed E-state index contributed by atoms with van der Waals surface area (Å²) in [7, 11) is 0. The van der Waals surface area contributed by atoms with Gasteiger partial charge in [0.25, 0.3) is 0 Å². The summed E-state index contributed by atoms with van der Waals surface area (Å²) in [6.07, 6.45) is 6.66. The van der Waals surface area contributed by atoms with Crippen molar-refractivity contribution in [2.75, 3.05) is 36.8 Å². The summed E-state index contributed by atoms with van der Waals surface area (Å²) < 4.78 is 2.09. The molecule has 1 spiro atoms. The number of fused-ring (bicyclic) bond motifs is 1. The number of benzene rings is 2. The molecule has 0 atom stereocenters. The second-order valence-electron chi connectivity index (χ2n) is 12.3. The molecule has 0 aliphatic carbocycles. The maximum atomic E-state index is 6.35. The molecule has 2 saturated heterocycles. The van der Waals surface area contributed by atoms with Gasteiger partial charge in [-0.1, -0.05) is 42.5 Å². The average molecular weight is 629 g/mol. The van der Waals surface area contributed by atoms with Crippen LogP contribution in [-0.2, 0) is 6.54 Å². The normalized spacial score (nSPS) is 16.4. The summed E-state index contributed by atoms with van der Waals surface area (Å²) in [6, 6.07) is 26.8. The molecule has 0 unspecified atom stereocenters. The van der Waals surface area contributed by atoms with Crippen LogP contribution < -0.4 is 10.6 Å². The van der Waals surface area contributed by atoms with E-state index < -0.39 is 0 Å². The molecule has 4 aromatic heterocycles. The number of anilines is 2. The maximum Gasteiger partial charge on any atom is 0.229 e. The third-order valence-electron chi connectivity index (χ3n) is 9.42. The first-order valence-corrected chi connectivity index (χ1v) is 16.0. The number of nitrogen functional groups attached to an aromatic ring is 1. The molecule has 2 fully saturated rings. The number of rotatable bonds is 6. The average Bonchev–Trinajstić information content (AvgIpc) is 3.68. The molecular formula is C35H33ClN10. The van der Waals surface area contributed by atoms with Crippen molar-refractivity contribution in [3.63, 3.8) is 0 Å². The summed E-state index contributed by atoms with van der Waals surface area (Å²) >= 11 is 6.02. The molecule has 0 radical (unpaired) electrons. The fourth-order valence-electron chi connectivity index (χ4n) is 6.89. The lowest BCUT2D eigenvalue weighted by Crippen LogP contribution is -2.41. The van der Waals surface area contributed by atoms with Gasteiger partial charge in [-0.25, -0.2) is 24.9 Å². The highest BCUT2D eigenvalue weighted by atomic mass is 35.5. The Labute approximate surface area is 272 Å². The predicted molar refractivity (Wildman–Crippen MR) is 181 cm³/mol. The van der Waals surface area contributed by atoms with Crippen LogP contribution in [0.2, 0.25) is 5.28 Å². The molecule has 2 N–H and O–H groups in total. The van der Waals surface area contributed by atoms with Gasteiger partial charge in [0.1, 0.15) is 17.7 Å². The molecule has 2 aliphatic heterocycles. The van der Waals surface area contributed by atoms with Gasteiger partial charge in [0.15, 0.2) is 11.5 Å². The molecule has 0 bridgehead atoms. The Morgan fingerprint density at radius 2 is 1.59 bits per heavy atom. The van der Waals surface area contributed by atoms with Gasteiger partial charge < -0.3 is 10.6 Å². The number of halogens is 1. The van der Waals surface area contributed by atoms with Gasteiger partial charge in [0, 0.05) is 37.1 Å². The van der Waals surface area contributed by atoms with Crippen molar-refractivity contribution >= 4 is 34.5 Å². The quantitative estimate of drug-likeness (QED) is 0.235. The number of imidazole rings is 1. The van der Waals surface area contributed by atoms with Crippen LogP contribution in [0, 0.1) is 5.41 Å². The fraction of sp³-hybridized carbons (Fsp3) is 0.257. The molecule has 0 saturated carbocycles. The Morgan fingerprint density at radius 1 is 0.783 bits per heavy atom. The van der Waals surface area contributed by atoms with E-state index in [1.807, 2.05) is 42.5 Å². The van der Waals surface area contributed by atoms with Crippen LogP contribution in [0.4, 0.5) is 11.8 Å².